The number of halogens is 3. The zero-order valence-corrected chi connectivity index (χ0v) is 7.98. The second kappa shape index (κ2) is 3.92. The first-order valence-corrected chi connectivity index (χ1v) is 4.13. The molecular weight excluding hydrogens is 214 g/mol. The molecule has 2 nitrogen and oxygen atoms in total. The first-order chi connectivity index (χ1) is 6.45. The fraction of sp³-hybridized carbons (Fsp3) is 0.222. The molecule has 0 amide bonds. The summed E-state index contributed by atoms with van der Waals surface area (Å²) in [6.45, 7) is 1.15. The van der Waals surface area contributed by atoms with Crippen LogP contribution >= 0.6 is 11.6 Å². The number of carbonyl (C=O) groups excluding carboxylic acids is 1. The molecule has 1 aromatic carbocycles. The summed E-state index contributed by atoms with van der Waals surface area (Å²) in [4.78, 5) is 10.9. The number of phenolic OH excluding ortho intramolecular Hbond substituents is 1. The molecule has 0 unspecified atom stereocenters. The Morgan fingerprint density at radius 3 is 2.50 bits per heavy atom. The van der Waals surface area contributed by atoms with Gasteiger partial charge in [-0.3, -0.25) is 4.79 Å². The standard InChI is InChI=1S/C9H7ClF2O2/c1-4(13)5-2-3-6(10)8(14)7(5)9(11)12/h2-3,9,14H,1H3. The topological polar surface area (TPSA) is 37.3 Å². The maximum absolute atomic E-state index is 12.5. The Kier molecular flexibility index (Phi) is 3.06. The highest BCUT2D eigenvalue weighted by Gasteiger charge is 2.22. The van der Waals surface area contributed by atoms with Crippen molar-refractivity contribution in [3.63, 3.8) is 0 Å². The normalized spacial score (nSPS) is 10.6. The molecule has 0 atom stereocenters. The van der Waals surface area contributed by atoms with Gasteiger partial charge in [-0.1, -0.05) is 11.6 Å². The van der Waals surface area contributed by atoms with E-state index in [0.717, 1.165) is 6.92 Å². The van der Waals surface area contributed by atoms with E-state index in [0.29, 0.717) is 0 Å². The van der Waals surface area contributed by atoms with Gasteiger partial charge in [-0.05, 0) is 19.1 Å². The van der Waals surface area contributed by atoms with Gasteiger partial charge in [-0.25, -0.2) is 8.78 Å². The second-order valence-corrected chi connectivity index (χ2v) is 3.12. The number of hydrogen-bond donors (Lipinski definition) is 1. The predicted octanol–water partition coefficient (Wildman–Crippen LogP) is 3.19. The van der Waals surface area contributed by atoms with Crippen molar-refractivity contribution in [2.24, 2.45) is 0 Å². The van der Waals surface area contributed by atoms with Crippen LogP contribution in [0.1, 0.15) is 29.3 Å². The minimum atomic E-state index is -2.92. The largest absolute Gasteiger partial charge is 0.506 e. The van der Waals surface area contributed by atoms with Gasteiger partial charge in [0.2, 0.25) is 0 Å². The molecule has 1 aromatic rings. The minimum absolute atomic E-state index is 0.190. The lowest BCUT2D eigenvalue weighted by atomic mass is 10.0. The molecule has 5 heteroatoms. The van der Waals surface area contributed by atoms with Gasteiger partial charge in [-0.2, -0.15) is 0 Å². The van der Waals surface area contributed by atoms with Gasteiger partial charge >= 0.3 is 0 Å². The molecule has 0 aliphatic heterocycles. The van der Waals surface area contributed by atoms with Gasteiger partial charge in [0.15, 0.2) is 5.78 Å². The van der Waals surface area contributed by atoms with E-state index in [1.165, 1.54) is 12.1 Å². The highest BCUT2D eigenvalue weighted by molar-refractivity contribution is 6.32. The van der Waals surface area contributed by atoms with Crippen molar-refractivity contribution in [3.05, 3.63) is 28.3 Å². The SMILES string of the molecule is CC(=O)c1ccc(Cl)c(O)c1C(F)F. The van der Waals surface area contributed by atoms with Crippen LogP contribution in [0.3, 0.4) is 0 Å². The van der Waals surface area contributed by atoms with Gasteiger partial charge in [0.1, 0.15) is 5.75 Å². The number of carbonyl (C=O) groups is 1. The number of phenols is 1. The van der Waals surface area contributed by atoms with E-state index in [1.54, 1.807) is 0 Å². The minimum Gasteiger partial charge on any atom is -0.506 e. The van der Waals surface area contributed by atoms with Gasteiger partial charge < -0.3 is 5.11 Å². The van der Waals surface area contributed by atoms with Gasteiger partial charge in [0.05, 0.1) is 10.6 Å². The van der Waals surface area contributed by atoms with E-state index >= 15 is 0 Å². The van der Waals surface area contributed by atoms with Crippen LogP contribution in [-0.2, 0) is 0 Å². The van der Waals surface area contributed by atoms with E-state index < -0.39 is 23.5 Å². The molecule has 0 saturated carbocycles. The molecule has 0 saturated heterocycles. The summed E-state index contributed by atoms with van der Waals surface area (Å²) in [5, 5.41) is 9.04. The molecule has 0 radical (unpaired) electrons. The third kappa shape index (κ3) is 1.85. The van der Waals surface area contributed by atoms with E-state index in [1.807, 2.05) is 0 Å². The molecule has 0 fully saturated rings. The summed E-state index contributed by atoms with van der Waals surface area (Å²) in [6, 6.07) is 2.38. The number of alkyl halides is 2. The third-order valence-electron chi connectivity index (χ3n) is 1.77. The van der Waals surface area contributed by atoms with Crippen LogP contribution in [-0.4, -0.2) is 10.9 Å². The van der Waals surface area contributed by atoms with E-state index in [4.69, 9.17) is 11.6 Å². The molecule has 0 aromatic heterocycles. The summed E-state index contributed by atoms with van der Waals surface area (Å²) in [6.07, 6.45) is -2.92. The van der Waals surface area contributed by atoms with Crippen LogP contribution in [0.15, 0.2) is 12.1 Å². The molecule has 0 aliphatic rings. The number of benzene rings is 1. The van der Waals surface area contributed by atoms with Crippen molar-refractivity contribution in [2.45, 2.75) is 13.3 Å². The van der Waals surface area contributed by atoms with Crippen LogP contribution in [0.4, 0.5) is 8.78 Å². The number of rotatable bonds is 2. The van der Waals surface area contributed by atoms with Crippen LogP contribution < -0.4 is 0 Å². The lowest BCUT2D eigenvalue weighted by Crippen LogP contribution is -2.00. The zero-order valence-electron chi connectivity index (χ0n) is 7.22. The average molecular weight is 221 g/mol. The Bertz CT molecular complexity index is 377. The first kappa shape index (κ1) is 10.9. The Morgan fingerprint density at radius 2 is 2.07 bits per heavy atom. The summed E-state index contributed by atoms with van der Waals surface area (Å²) in [7, 11) is 0. The summed E-state index contributed by atoms with van der Waals surface area (Å²) in [5.74, 6) is -1.26. The lowest BCUT2D eigenvalue weighted by Gasteiger charge is -2.09. The Hall–Kier alpha value is -1.16. The van der Waals surface area contributed by atoms with Crippen molar-refractivity contribution in [1.29, 1.82) is 0 Å². The number of Topliss-reactive ketones (excluding diaryl/α,β-unsaturated/α-hetero) is 1. The quantitative estimate of drug-likeness (QED) is 0.778. The monoisotopic (exact) mass is 220 g/mol. The maximum atomic E-state index is 12.5. The molecule has 1 rings (SSSR count). The first-order valence-electron chi connectivity index (χ1n) is 3.75. The summed E-state index contributed by atoms with van der Waals surface area (Å²) < 4.78 is 24.9. The Labute approximate surface area is 84.1 Å². The molecule has 76 valence electrons. The summed E-state index contributed by atoms with van der Waals surface area (Å²) >= 11 is 5.44. The van der Waals surface area contributed by atoms with Gasteiger partial charge in [0.25, 0.3) is 6.43 Å². The maximum Gasteiger partial charge on any atom is 0.268 e. The predicted molar refractivity (Wildman–Crippen MR) is 48.1 cm³/mol. The zero-order chi connectivity index (χ0) is 10.9. The van der Waals surface area contributed by atoms with Gasteiger partial charge in [0, 0.05) is 5.56 Å². The number of aromatic hydroxyl groups is 1. The van der Waals surface area contributed by atoms with E-state index in [-0.39, 0.29) is 10.6 Å². The van der Waals surface area contributed by atoms with E-state index in [2.05, 4.69) is 0 Å². The van der Waals surface area contributed by atoms with Crippen molar-refractivity contribution < 1.29 is 18.7 Å². The smallest absolute Gasteiger partial charge is 0.268 e. The molecule has 0 heterocycles. The fourth-order valence-electron chi connectivity index (χ4n) is 1.11. The molecule has 0 spiro atoms. The Balaban J connectivity index is 3.45. The Morgan fingerprint density at radius 1 is 1.50 bits per heavy atom. The van der Waals surface area contributed by atoms with Gasteiger partial charge in [-0.15, -0.1) is 0 Å². The second-order valence-electron chi connectivity index (χ2n) is 2.71. The van der Waals surface area contributed by atoms with Crippen molar-refractivity contribution in [3.8, 4) is 5.75 Å². The van der Waals surface area contributed by atoms with Crippen molar-refractivity contribution >= 4 is 17.4 Å². The summed E-state index contributed by atoms with van der Waals surface area (Å²) in [5.41, 5.74) is -0.910. The van der Waals surface area contributed by atoms with Crippen LogP contribution in [0.2, 0.25) is 5.02 Å². The average Bonchev–Trinajstić information content (AvgIpc) is 2.08. The molecular formula is C9H7ClF2O2. The van der Waals surface area contributed by atoms with Crippen LogP contribution in [0, 0.1) is 0 Å². The number of ketones is 1. The van der Waals surface area contributed by atoms with Crippen LogP contribution in [0.5, 0.6) is 5.75 Å². The van der Waals surface area contributed by atoms with E-state index in [9.17, 15) is 18.7 Å². The van der Waals surface area contributed by atoms with Crippen LogP contribution in [0.25, 0.3) is 0 Å². The van der Waals surface area contributed by atoms with Crippen molar-refractivity contribution in [1.82, 2.24) is 0 Å². The highest BCUT2D eigenvalue weighted by Crippen LogP contribution is 2.36. The number of hydrogen-bond acceptors (Lipinski definition) is 2. The fourth-order valence-corrected chi connectivity index (χ4v) is 1.27. The molecule has 0 bridgehead atoms. The highest BCUT2D eigenvalue weighted by atomic mass is 35.5. The molecule has 14 heavy (non-hydrogen) atoms. The molecule has 0 aliphatic carbocycles. The van der Waals surface area contributed by atoms with Crippen molar-refractivity contribution in [2.75, 3.05) is 0 Å². The molecule has 1 N–H and O–H groups in total. The lowest BCUT2D eigenvalue weighted by molar-refractivity contribution is 0.0996. The third-order valence-corrected chi connectivity index (χ3v) is 2.07.